The van der Waals surface area contributed by atoms with Gasteiger partial charge >= 0.3 is 5.97 Å². The van der Waals surface area contributed by atoms with E-state index in [-0.39, 0.29) is 12.3 Å². The molecule has 0 aliphatic carbocycles. The van der Waals surface area contributed by atoms with Crippen LogP contribution in [0.5, 0.6) is 0 Å². The van der Waals surface area contributed by atoms with Crippen molar-refractivity contribution in [3.63, 3.8) is 0 Å². The third kappa shape index (κ3) is 2.05. The number of aliphatic carboxylic acids is 1. The second-order valence-corrected chi connectivity index (χ2v) is 3.84. The van der Waals surface area contributed by atoms with Gasteiger partial charge in [0, 0.05) is 18.4 Å². The number of carboxylic acid groups (broad SMARTS) is 1. The molecule has 86 valence electrons. The van der Waals surface area contributed by atoms with Crippen molar-refractivity contribution < 1.29 is 14.7 Å². The topological polar surface area (TPSA) is 86.3 Å². The fourth-order valence-corrected chi connectivity index (χ4v) is 1.97. The number of rotatable bonds is 3. The maximum Gasteiger partial charge on any atom is 0.326 e. The van der Waals surface area contributed by atoms with E-state index in [1.165, 1.54) is 4.90 Å². The highest BCUT2D eigenvalue weighted by atomic mass is 16.4. The van der Waals surface area contributed by atoms with Gasteiger partial charge in [0.05, 0.1) is 6.42 Å². The molecule has 1 atom stereocenters. The molecule has 0 aromatic carbocycles. The summed E-state index contributed by atoms with van der Waals surface area (Å²) in [4.78, 5) is 24.2. The predicted molar refractivity (Wildman–Crippen MR) is 54.7 cm³/mol. The summed E-state index contributed by atoms with van der Waals surface area (Å²) in [5.74, 6) is -1.08. The monoisotopic (exact) mass is 223 g/mol. The van der Waals surface area contributed by atoms with Gasteiger partial charge in [-0.2, -0.15) is 5.10 Å². The zero-order chi connectivity index (χ0) is 11.5. The fourth-order valence-electron chi connectivity index (χ4n) is 1.97. The summed E-state index contributed by atoms with van der Waals surface area (Å²) in [6.07, 6.45) is 3.06. The number of carboxylic acids is 1. The van der Waals surface area contributed by atoms with Crippen LogP contribution in [0.1, 0.15) is 18.5 Å². The molecule has 0 spiro atoms. The molecule has 0 saturated carbocycles. The zero-order valence-corrected chi connectivity index (χ0v) is 8.72. The van der Waals surface area contributed by atoms with E-state index >= 15 is 0 Å². The summed E-state index contributed by atoms with van der Waals surface area (Å²) < 4.78 is 0. The third-order valence-electron chi connectivity index (χ3n) is 2.76. The first-order valence-electron chi connectivity index (χ1n) is 5.19. The number of amides is 1. The quantitative estimate of drug-likeness (QED) is 0.756. The van der Waals surface area contributed by atoms with Gasteiger partial charge in [-0.05, 0) is 18.9 Å². The molecule has 2 N–H and O–H groups in total. The number of nitrogens with one attached hydrogen (secondary N) is 1. The van der Waals surface area contributed by atoms with Crippen molar-refractivity contribution in [2.24, 2.45) is 0 Å². The summed E-state index contributed by atoms with van der Waals surface area (Å²) in [5.41, 5.74) is 0.709. The lowest BCUT2D eigenvalue weighted by molar-refractivity contribution is -0.148. The summed E-state index contributed by atoms with van der Waals surface area (Å²) in [6, 6.07) is 1.06. The van der Waals surface area contributed by atoms with E-state index in [4.69, 9.17) is 5.11 Å². The average Bonchev–Trinajstić information content (AvgIpc) is 2.86. The molecule has 1 saturated heterocycles. The van der Waals surface area contributed by atoms with Crippen LogP contribution in [0.15, 0.2) is 12.3 Å². The molecule has 6 heteroatoms. The van der Waals surface area contributed by atoms with Crippen molar-refractivity contribution in [3.05, 3.63) is 18.0 Å². The first-order valence-corrected chi connectivity index (χ1v) is 5.19. The second kappa shape index (κ2) is 4.34. The Morgan fingerprint density at radius 1 is 1.62 bits per heavy atom. The van der Waals surface area contributed by atoms with Crippen molar-refractivity contribution in [1.29, 1.82) is 0 Å². The normalized spacial score (nSPS) is 20.0. The molecule has 1 unspecified atom stereocenters. The van der Waals surface area contributed by atoms with E-state index in [0.29, 0.717) is 18.7 Å². The van der Waals surface area contributed by atoms with E-state index in [2.05, 4.69) is 10.2 Å². The first-order chi connectivity index (χ1) is 7.68. The standard InChI is InChI=1S/C10H13N3O3/c14-9(6-7-3-4-11-12-7)13-5-1-2-8(13)10(15)16/h3-4,8H,1-2,5-6H2,(H,11,12)(H,15,16). The molecule has 0 radical (unpaired) electrons. The lowest BCUT2D eigenvalue weighted by atomic mass is 10.2. The Morgan fingerprint density at radius 3 is 3.06 bits per heavy atom. The third-order valence-corrected chi connectivity index (χ3v) is 2.76. The highest BCUT2D eigenvalue weighted by Crippen LogP contribution is 2.18. The minimum absolute atomic E-state index is 0.158. The van der Waals surface area contributed by atoms with Crippen molar-refractivity contribution >= 4 is 11.9 Å². The van der Waals surface area contributed by atoms with E-state index in [1.54, 1.807) is 12.3 Å². The Labute approximate surface area is 92.3 Å². The predicted octanol–water partition coefficient (Wildman–Crippen LogP) is 0.0278. The number of hydrogen-bond donors (Lipinski definition) is 2. The molecule has 16 heavy (non-hydrogen) atoms. The Morgan fingerprint density at radius 2 is 2.44 bits per heavy atom. The van der Waals surface area contributed by atoms with E-state index in [1.807, 2.05) is 0 Å². The highest BCUT2D eigenvalue weighted by Gasteiger charge is 2.33. The average molecular weight is 223 g/mol. The fraction of sp³-hybridized carbons (Fsp3) is 0.500. The molecule has 0 bridgehead atoms. The Kier molecular flexibility index (Phi) is 2.89. The van der Waals surface area contributed by atoms with E-state index in [9.17, 15) is 9.59 Å². The van der Waals surface area contributed by atoms with Crippen LogP contribution in [-0.2, 0) is 16.0 Å². The van der Waals surface area contributed by atoms with Crippen molar-refractivity contribution in [2.75, 3.05) is 6.54 Å². The lowest BCUT2D eigenvalue weighted by Crippen LogP contribution is -2.41. The number of H-pyrrole nitrogens is 1. The number of carbonyl (C=O) groups is 2. The Balaban J connectivity index is 2.01. The molecule has 1 amide bonds. The smallest absolute Gasteiger partial charge is 0.326 e. The van der Waals surface area contributed by atoms with Crippen LogP contribution in [0.2, 0.25) is 0 Å². The Bertz CT molecular complexity index is 388. The van der Waals surface area contributed by atoms with Gasteiger partial charge in [-0.15, -0.1) is 0 Å². The molecular weight excluding hydrogens is 210 g/mol. The van der Waals surface area contributed by atoms with Gasteiger partial charge in [-0.25, -0.2) is 4.79 Å². The van der Waals surface area contributed by atoms with Crippen LogP contribution in [0.4, 0.5) is 0 Å². The molecule has 1 aliphatic heterocycles. The van der Waals surface area contributed by atoms with Gasteiger partial charge in [-0.1, -0.05) is 0 Å². The second-order valence-electron chi connectivity index (χ2n) is 3.84. The minimum atomic E-state index is -0.921. The number of aromatic nitrogens is 2. The van der Waals surface area contributed by atoms with Crippen LogP contribution in [0, 0.1) is 0 Å². The largest absolute Gasteiger partial charge is 0.480 e. The zero-order valence-electron chi connectivity index (χ0n) is 8.72. The van der Waals surface area contributed by atoms with Gasteiger partial charge in [0.15, 0.2) is 0 Å². The van der Waals surface area contributed by atoms with Gasteiger partial charge in [0.25, 0.3) is 0 Å². The van der Waals surface area contributed by atoms with Crippen LogP contribution in [0.3, 0.4) is 0 Å². The van der Waals surface area contributed by atoms with Crippen LogP contribution >= 0.6 is 0 Å². The molecule has 1 fully saturated rings. The maximum absolute atomic E-state index is 11.8. The minimum Gasteiger partial charge on any atom is -0.480 e. The molecule has 1 aliphatic rings. The SMILES string of the molecule is O=C(O)C1CCCN1C(=O)Cc1ccn[nH]1. The van der Waals surface area contributed by atoms with Crippen LogP contribution in [-0.4, -0.2) is 44.7 Å². The van der Waals surface area contributed by atoms with Gasteiger partial charge in [-0.3, -0.25) is 9.89 Å². The number of nitrogens with zero attached hydrogens (tertiary/aromatic N) is 2. The highest BCUT2D eigenvalue weighted by molar-refractivity contribution is 5.85. The summed E-state index contributed by atoms with van der Waals surface area (Å²) >= 11 is 0. The number of hydrogen-bond acceptors (Lipinski definition) is 3. The van der Waals surface area contributed by atoms with Crippen LogP contribution in [0.25, 0.3) is 0 Å². The summed E-state index contributed by atoms with van der Waals surface area (Å²) in [5, 5.41) is 15.4. The van der Waals surface area contributed by atoms with Gasteiger partial charge < -0.3 is 10.0 Å². The van der Waals surface area contributed by atoms with E-state index < -0.39 is 12.0 Å². The van der Waals surface area contributed by atoms with Crippen molar-refractivity contribution in [3.8, 4) is 0 Å². The molecule has 6 nitrogen and oxygen atoms in total. The molecule has 2 rings (SSSR count). The van der Waals surface area contributed by atoms with Crippen LogP contribution < -0.4 is 0 Å². The summed E-state index contributed by atoms with van der Waals surface area (Å²) in [6.45, 7) is 0.532. The van der Waals surface area contributed by atoms with Crippen molar-refractivity contribution in [2.45, 2.75) is 25.3 Å². The number of likely N-dealkylation sites (tertiary alicyclic amines) is 1. The van der Waals surface area contributed by atoms with Gasteiger partial charge in [0.2, 0.25) is 5.91 Å². The Hall–Kier alpha value is -1.85. The molecular formula is C10H13N3O3. The van der Waals surface area contributed by atoms with Crippen molar-refractivity contribution in [1.82, 2.24) is 15.1 Å². The number of carbonyl (C=O) groups excluding carboxylic acids is 1. The molecule has 1 aromatic heterocycles. The first kappa shape index (κ1) is 10.7. The van der Waals surface area contributed by atoms with E-state index in [0.717, 1.165) is 6.42 Å². The van der Waals surface area contributed by atoms with Gasteiger partial charge in [0.1, 0.15) is 6.04 Å². The summed E-state index contributed by atoms with van der Waals surface area (Å²) in [7, 11) is 0. The number of aromatic amines is 1. The molecule has 1 aromatic rings. The maximum atomic E-state index is 11.8. The lowest BCUT2D eigenvalue weighted by Gasteiger charge is -2.20. The molecule has 2 heterocycles.